The van der Waals surface area contributed by atoms with Crippen molar-refractivity contribution >= 4 is 16.9 Å². The molecule has 0 spiro atoms. The highest BCUT2D eigenvalue weighted by Gasteiger charge is 2.46. The van der Waals surface area contributed by atoms with Gasteiger partial charge in [0.2, 0.25) is 0 Å². The maximum atomic E-state index is 9.16. The van der Waals surface area contributed by atoms with Crippen LogP contribution < -0.4 is 4.90 Å². The molecule has 0 bridgehead atoms. The molecule has 2 atom stereocenters. The van der Waals surface area contributed by atoms with Crippen molar-refractivity contribution in [1.82, 2.24) is 19.9 Å². The fourth-order valence-corrected chi connectivity index (χ4v) is 3.93. The van der Waals surface area contributed by atoms with Gasteiger partial charge < -0.3 is 14.8 Å². The van der Waals surface area contributed by atoms with Crippen molar-refractivity contribution in [2.75, 3.05) is 31.1 Å². The minimum Gasteiger partial charge on any atom is -0.355 e. The molecule has 4 rings (SSSR count). The summed E-state index contributed by atoms with van der Waals surface area (Å²) in [5.74, 6) is 1.62. The summed E-state index contributed by atoms with van der Waals surface area (Å²) in [6, 6.07) is 2.04. The normalized spacial score (nSPS) is 28.7. The molecule has 108 valence electrons. The van der Waals surface area contributed by atoms with Crippen LogP contribution in [0.25, 0.3) is 11.0 Å². The fraction of sp³-hybridized carbons (Fsp3) is 0.533. The summed E-state index contributed by atoms with van der Waals surface area (Å²) in [6.07, 6.45) is 6.96. The molecule has 1 N–H and O–H groups in total. The summed E-state index contributed by atoms with van der Waals surface area (Å²) in [5, 5.41) is 10.2. The second kappa shape index (κ2) is 4.35. The largest absolute Gasteiger partial charge is 0.355 e. The Kier molecular flexibility index (Phi) is 2.58. The van der Waals surface area contributed by atoms with Gasteiger partial charge in [0, 0.05) is 37.8 Å². The third kappa shape index (κ3) is 1.84. The van der Waals surface area contributed by atoms with Crippen LogP contribution in [0.1, 0.15) is 13.3 Å². The van der Waals surface area contributed by atoms with Gasteiger partial charge in [0.25, 0.3) is 0 Å². The number of aromatic nitrogens is 3. The zero-order valence-corrected chi connectivity index (χ0v) is 12.1. The highest BCUT2D eigenvalue weighted by Crippen LogP contribution is 2.42. The van der Waals surface area contributed by atoms with Gasteiger partial charge in [0.15, 0.2) is 6.19 Å². The van der Waals surface area contributed by atoms with Crippen LogP contribution >= 0.6 is 0 Å². The molecule has 2 aliphatic rings. The average Bonchev–Trinajstić information content (AvgIpc) is 3.08. The zero-order chi connectivity index (χ0) is 14.4. The van der Waals surface area contributed by atoms with Crippen molar-refractivity contribution < 1.29 is 0 Å². The summed E-state index contributed by atoms with van der Waals surface area (Å²) in [4.78, 5) is 16.2. The topological polar surface area (TPSA) is 71.8 Å². The number of rotatable bonds is 1. The third-order valence-electron chi connectivity index (χ3n) is 5.05. The zero-order valence-electron chi connectivity index (χ0n) is 12.1. The monoisotopic (exact) mass is 282 g/mol. The molecule has 0 saturated carbocycles. The Bertz CT molecular complexity index is 716. The Morgan fingerprint density at radius 3 is 3.19 bits per heavy atom. The van der Waals surface area contributed by atoms with Gasteiger partial charge in [-0.3, -0.25) is 0 Å². The predicted molar refractivity (Wildman–Crippen MR) is 79.5 cm³/mol. The van der Waals surface area contributed by atoms with E-state index >= 15 is 0 Å². The van der Waals surface area contributed by atoms with E-state index in [-0.39, 0.29) is 5.41 Å². The van der Waals surface area contributed by atoms with Crippen LogP contribution in [0.2, 0.25) is 0 Å². The van der Waals surface area contributed by atoms with E-state index < -0.39 is 0 Å². The first-order valence-electron chi connectivity index (χ1n) is 7.37. The number of likely N-dealkylation sites (tertiary alicyclic amines) is 1. The number of nitriles is 1. The van der Waals surface area contributed by atoms with E-state index in [2.05, 4.69) is 33.0 Å². The number of fused-ring (bicyclic) bond motifs is 2. The summed E-state index contributed by atoms with van der Waals surface area (Å²) < 4.78 is 0. The van der Waals surface area contributed by atoms with Gasteiger partial charge >= 0.3 is 0 Å². The van der Waals surface area contributed by atoms with E-state index in [9.17, 15) is 0 Å². The number of hydrogen-bond donors (Lipinski definition) is 1. The van der Waals surface area contributed by atoms with E-state index in [0.717, 1.165) is 49.5 Å². The molecule has 2 aromatic rings. The molecule has 0 aromatic carbocycles. The van der Waals surface area contributed by atoms with Crippen molar-refractivity contribution in [3.63, 3.8) is 0 Å². The lowest BCUT2D eigenvalue weighted by Gasteiger charge is -2.42. The van der Waals surface area contributed by atoms with Crippen LogP contribution in [0.5, 0.6) is 0 Å². The van der Waals surface area contributed by atoms with Crippen molar-refractivity contribution in [2.45, 2.75) is 13.3 Å². The standard InChI is InChI=1S/C15H18N6/c1-15-7-20(9-16)6-11(15)3-5-21(8-15)14-12-2-4-17-13(12)18-10-19-14/h2,4,10-11H,3,5-8H2,1H3,(H,17,18,19)/t11-,15-/m0/s1. The molecular formula is C15H18N6. The number of anilines is 1. The maximum absolute atomic E-state index is 9.16. The molecule has 0 radical (unpaired) electrons. The minimum atomic E-state index is 0.168. The Hall–Kier alpha value is -2.29. The first-order chi connectivity index (χ1) is 10.2. The molecule has 2 aromatic heterocycles. The number of H-pyrrole nitrogens is 1. The van der Waals surface area contributed by atoms with E-state index in [0.29, 0.717) is 5.92 Å². The van der Waals surface area contributed by atoms with Gasteiger partial charge in [-0.25, -0.2) is 9.97 Å². The Morgan fingerprint density at radius 2 is 2.33 bits per heavy atom. The Balaban J connectivity index is 1.67. The molecule has 21 heavy (non-hydrogen) atoms. The predicted octanol–water partition coefficient (Wildman–Crippen LogP) is 1.59. The van der Waals surface area contributed by atoms with Crippen LogP contribution in [-0.2, 0) is 0 Å². The summed E-state index contributed by atoms with van der Waals surface area (Å²) in [7, 11) is 0. The highest BCUT2D eigenvalue weighted by atomic mass is 15.2. The molecular weight excluding hydrogens is 264 g/mol. The second-order valence-corrected chi connectivity index (χ2v) is 6.48. The molecule has 2 fully saturated rings. The molecule has 0 amide bonds. The molecule has 6 heteroatoms. The van der Waals surface area contributed by atoms with Crippen LogP contribution in [0.3, 0.4) is 0 Å². The van der Waals surface area contributed by atoms with Crippen LogP contribution in [0, 0.1) is 22.8 Å². The Morgan fingerprint density at radius 1 is 1.43 bits per heavy atom. The van der Waals surface area contributed by atoms with E-state index in [1.807, 2.05) is 17.2 Å². The van der Waals surface area contributed by atoms with Gasteiger partial charge in [-0.2, -0.15) is 5.26 Å². The van der Waals surface area contributed by atoms with Crippen molar-refractivity contribution in [2.24, 2.45) is 11.3 Å². The number of hydrogen-bond acceptors (Lipinski definition) is 5. The lowest BCUT2D eigenvalue weighted by Crippen LogP contribution is -2.47. The molecule has 6 nitrogen and oxygen atoms in total. The summed E-state index contributed by atoms with van der Waals surface area (Å²) in [6.45, 7) is 6.01. The molecule has 2 aliphatic heterocycles. The number of nitrogens with zero attached hydrogens (tertiary/aromatic N) is 5. The fourth-order valence-electron chi connectivity index (χ4n) is 3.93. The van der Waals surface area contributed by atoms with Crippen molar-refractivity contribution in [3.8, 4) is 6.19 Å². The molecule has 0 aliphatic carbocycles. The van der Waals surface area contributed by atoms with Crippen LogP contribution in [0.15, 0.2) is 18.6 Å². The number of nitrogens with one attached hydrogen (secondary N) is 1. The quantitative estimate of drug-likeness (QED) is 0.804. The number of aromatic amines is 1. The average molecular weight is 282 g/mol. The molecule has 0 unspecified atom stereocenters. The van der Waals surface area contributed by atoms with Gasteiger partial charge in [0.05, 0.1) is 5.39 Å². The highest BCUT2D eigenvalue weighted by molar-refractivity contribution is 5.87. The van der Waals surface area contributed by atoms with Crippen LogP contribution in [0.4, 0.5) is 5.82 Å². The number of piperidine rings is 1. The maximum Gasteiger partial charge on any atom is 0.179 e. The lowest BCUT2D eigenvalue weighted by atomic mass is 9.75. The summed E-state index contributed by atoms with van der Waals surface area (Å²) in [5.41, 5.74) is 1.05. The van der Waals surface area contributed by atoms with Gasteiger partial charge in [-0.1, -0.05) is 6.92 Å². The van der Waals surface area contributed by atoms with Gasteiger partial charge in [0.1, 0.15) is 17.8 Å². The second-order valence-electron chi connectivity index (χ2n) is 6.48. The minimum absolute atomic E-state index is 0.168. The Labute approximate surface area is 123 Å². The molecule has 4 heterocycles. The van der Waals surface area contributed by atoms with Gasteiger partial charge in [-0.15, -0.1) is 0 Å². The SMILES string of the molecule is C[C@@]12CN(C#N)C[C@@H]1CCN(c1ncnc3[nH]ccc13)C2. The van der Waals surface area contributed by atoms with E-state index in [1.165, 1.54) is 0 Å². The van der Waals surface area contributed by atoms with Crippen LogP contribution in [-0.4, -0.2) is 46.0 Å². The summed E-state index contributed by atoms with van der Waals surface area (Å²) >= 11 is 0. The van der Waals surface area contributed by atoms with E-state index in [1.54, 1.807) is 6.33 Å². The first-order valence-corrected chi connectivity index (χ1v) is 7.37. The third-order valence-corrected chi connectivity index (χ3v) is 5.05. The lowest BCUT2D eigenvalue weighted by molar-refractivity contribution is 0.213. The molecule has 2 saturated heterocycles. The first kappa shape index (κ1) is 12.5. The van der Waals surface area contributed by atoms with Gasteiger partial charge in [-0.05, 0) is 18.4 Å². The van der Waals surface area contributed by atoms with Crippen molar-refractivity contribution in [3.05, 3.63) is 18.6 Å². The van der Waals surface area contributed by atoms with E-state index in [4.69, 9.17) is 5.26 Å². The van der Waals surface area contributed by atoms with Crippen molar-refractivity contribution in [1.29, 1.82) is 5.26 Å². The smallest absolute Gasteiger partial charge is 0.179 e.